The molecule has 2 bridgehead atoms. The molecule has 2 aliphatic heterocycles. The van der Waals surface area contributed by atoms with Crippen LogP contribution >= 0.6 is 0 Å². The Kier molecular flexibility index (Phi) is 3.98. The van der Waals surface area contributed by atoms with Gasteiger partial charge in [-0.15, -0.1) is 6.58 Å². The van der Waals surface area contributed by atoms with Crippen LogP contribution in [0.1, 0.15) is 11.1 Å². The third-order valence-corrected chi connectivity index (χ3v) is 2.55. The summed E-state index contributed by atoms with van der Waals surface area (Å²) in [4.78, 5) is 0. The maximum atomic E-state index is 5.18. The zero-order valence-corrected chi connectivity index (χ0v) is 9.80. The van der Waals surface area contributed by atoms with Gasteiger partial charge < -0.3 is 4.74 Å². The highest BCUT2D eigenvalue weighted by Gasteiger charge is 2.01. The molecule has 2 aliphatic rings. The first kappa shape index (κ1) is 11.5. The minimum atomic E-state index is 0.766. The first-order chi connectivity index (χ1) is 8.38. The average Bonchev–Trinajstić information content (AvgIpc) is 2.43. The van der Waals surface area contributed by atoms with E-state index in [1.807, 2.05) is 36.4 Å². The van der Waals surface area contributed by atoms with Gasteiger partial charge in [0.15, 0.2) is 0 Å². The smallest absolute Gasteiger partial charge is 0.119 e. The molecule has 86 valence electrons. The molecule has 0 saturated carbocycles. The van der Waals surface area contributed by atoms with E-state index in [9.17, 15) is 0 Å². The molecular formula is C16H16O. The van der Waals surface area contributed by atoms with E-state index in [-0.39, 0.29) is 0 Å². The van der Waals surface area contributed by atoms with Crippen molar-refractivity contribution in [3.63, 3.8) is 0 Å². The first-order valence-electron chi connectivity index (χ1n) is 5.75. The molecule has 2 aromatic rings. The number of hydrogen-bond acceptors (Lipinski definition) is 1. The summed E-state index contributed by atoms with van der Waals surface area (Å²) in [6.45, 7) is 4.42. The van der Waals surface area contributed by atoms with Crippen LogP contribution in [0.4, 0.5) is 0 Å². The Labute approximate surface area is 102 Å². The summed E-state index contributed by atoms with van der Waals surface area (Å²) in [6.07, 6.45) is 2.89. The van der Waals surface area contributed by atoms with Crippen molar-refractivity contribution in [2.24, 2.45) is 0 Å². The Morgan fingerprint density at radius 1 is 1.00 bits per heavy atom. The third kappa shape index (κ3) is 3.49. The number of fused-ring (bicyclic) bond motifs is 3. The number of hydrogen-bond donors (Lipinski definition) is 0. The predicted octanol–water partition coefficient (Wildman–Crippen LogP) is 3.99. The SMILES string of the molecule is C=CCc1ccccc1.c1cc2ccc1CO2. The van der Waals surface area contributed by atoms with Crippen molar-refractivity contribution in [3.8, 4) is 5.75 Å². The molecule has 2 heterocycles. The van der Waals surface area contributed by atoms with Crippen LogP contribution in [-0.2, 0) is 13.0 Å². The van der Waals surface area contributed by atoms with Gasteiger partial charge in [0.05, 0.1) is 0 Å². The van der Waals surface area contributed by atoms with Crippen molar-refractivity contribution in [3.05, 3.63) is 78.4 Å². The standard InChI is InChI=1S/C9H10.C7H6O/c1-2-6-9-7-4-3-5-8-9;1-3-7-4-2-6(1)5-8-7/h2-5,7-8H,1,6H2;1-4H,5H2. The topological polar surface area (TPSA) is 9.23 Å². The van der Waals surface area contributed by atoms with Crippen LogP contribution < -0.4 is 4.74 Å². The van der Waals surface area contributed by atoms with Crippen LogP contribution in [0.5, 0.6) is 5.75 Å². The van der Waals surface area contributed by atoms with Crippen LogP contribution in [0, 0.1) is 0 Å². The van der Waals surface area contributed by atoms with Crippen molar-refractivity contribution in [2.75, 3.05) is 0 Å². The molecular weight excluding hydrogens is 208 g/mol. The fourth-order valence-corrected chi connectivity index (χ4v) is 1.63. The second-order valence-electron chi connectivity index (χ2n) is 3.91. The maximum absolute atomic E-state index is 5.18. The van der Waals surface area contributed by atoms with Gasteiger partial charge in [-0.3, -0.25) is 0 Å². The number of benzene rings is 2. The summed E-state index contributed by atoms with van der Waals surface area (Å²) >= 11 is 0. The summed E-state index contributed by atoms with van der Waals surface area (Å²) in [7, 11) is 0. The van der Waals surface area contributed by atoms with Crippen molar-refractivity contribution >= 4 is 0 Å². The normalized spacial score (nSPS) is 11.1. The predicted molar refractivity (Wildman–Crippen MR) is 71.1 cm³/mol. The molecule has 0 unspecified atom stereocenters. The molecule has 0 fully saturated rings. The zero-order valence-electron chi connectivity index (χ0n) is 9.80. The molecule has 0 N–H and O–H groups in total. The van der Waals surface area contributed by atoms with Gasteiger partial charge in [-0.1, -0.05) is 48.5 Å². The molecule has 17 heavy (non-hydrogen) atoms. The Balaban J connectivity index is 0.000000127. The van der Waals surface area contributed by atoms with Gasteiger partial charge in [-0.25, -0.2) is 0 Å². The van der Waals surface area contributed by atoms with Crippen LogP contribution in [-0.4, -0.2) is 0 Å². The van der Waals surface area contributed by atoms with Gasteiger partial charge in [-0.05, 0) is 29.7 Å². The lowest BCUT2D eigenvalue weighted by atomic mass is 10.2. The second-order valence-corrected chi connectivity index (χ2v) is 3.91. The second kappa shape index (κ2) is 5.90. The number of ether oxygens (including phenoxy) is 1. The molecule has 0 radical (unpaired) electrons. The van der Waals surface area contributed by atoms with Gasteiger partial charge in [0.2, 0.25) is 0 Å². The fraction of sp³-hybridized carbons (Fsp3) is 0.125. The summed E-state index contributed by atoms with van der Waals surface area (Å²) in [5, 5.41) is 0. The Morgan fingerprint density at radius 2 is 1.71 bits per heavy atom. The monoisotopic (exact) mass is 224 g/mol. The maximum Gasteiger partial charge on any atom is 0.119 e. The van der Waals surface area contributed by atoms with E-state index < -0.39 is 0 Å². The fourth-order valence-electron chi connectivity index (χ4n) is 1.63. The average molecular weight is 224 g/mol. The Bertz CT molecular complexity index is 434. The van der Waals surface area contributed by atoms with Gasteiger partial charge >= 0.3 is 0 Å². The molecule has 0 aliphatic carbocycles. The van der Waals surface area contributed by atoms with Gasteiger partial charge in [0.1, 0.15) is 12.4 Å². The molecule has 1 heteroatoms. The van der Waals surface area contributed by atoms with Crippen LogP contribution in [0.15, 0.2) is 67.3 Å². The van der Waals surface area contributed by atoms with E-state index >= 15 is 0 Å². The molecule has 1 nitrogen and oxygen atoms in total. The van der Waals surface area contributed by atoms with E-state index in [0.29, 0.717) is 0 Å². The zero-order chi connectivity index (χ0) is 11.9. The van der Waals surface area contributed by atoms with Gasteiger partial charge in [-0.2, -0.15) is 0 Å². The van der Waals surface area contributed by atoms with Crippen molar-refractivity contribution in [2.45, 2.75) is 13.0 Å². The van der Waals surface area contributed by atoms with E-state index in [4.69, 9.17) is 4.74 Å². The minimum absolute atomic E-state index is 0.766. The summed E-state index contributed by atoms with van der Waals surface area (Å²) in [6, 6.07) is 18.4. The first-order valence-corrected chi connectivity index (χ1v) is 5.75. The van der Waals surface area contributed by atoms with Crippen molar-refractivity contribution in [1.82, 2.24) is 0 Å². The Hall–Kier alpha value is -2.02. The van der Waals surface area contributed by atoms with E-state index in [1.165, 1.54) is 11.1 Å². The molecule has 2 aromatic carbocycles. The summed E-state index contributed by atoms with van der Waals surface area (Å²) in [5.74, 6) is 0.986. The largest absolute Gasteiger partial charge is 0.489 e. The lowest BCUT2D eigenvalue weighted by Crippen LogP contribution is -2.00. The highest BCUT2D eigenvalue weighted by atomic mass is 16.5. The lowest BCUT2D eigenvalue weighted by molar-refractivity contribution is 0.295. The molecule has 0 aromatic heterocycles. The van der Waals surface area contributed by atoms with Crippen LogP contribution in [0.3, 0.4) is 0 Å². The van der Waals surface area contributed by atoms with E-state index in [0.717, 1.165) is 18.8 Å². The highest BCUT2D eigenvalue weighted by Crippen LogP contribution is 2.19. The quantitative estimate of drug-likeness (QED) is 0.701. The van der Waals surface area contributed by atoms with Crippen molar-refractivity contribution < 1.29 is 4.74 Å². The van der Waals surface area contributed by atoms with Gasteiger partial charge in [0, 0.05) is 0 Å². The third-order valence-electron chi connectivity index (χ3n) is 2.55. The molecule has 0 atom stereocenters. The van der Waals surface area contributed by atoms with Crippen LogP contribution in [0.25, 0.3) is 0 Å². The highest BCUT2D eigenvalue weighted by molar-refractivity contribution is 5.30. The molecule has 4 rings (SSSR count). The van der Waals surface area contributed by atoms with Gasteiger partial charge in [0.25, 0.3) is 0 Å². The van der Waals surface area contributed by atoms with E-state index in [2.05, 4.69) is 30.8 Å². The summed E-state index contributed by atoms with van der Waals surface area (Å²) in [5.41, 5.74) is 2.59. The lowest BCUT2D eigenvalue weighted by Gasteiger charge is -2.11. The van der Waals surface area contributed by atoms with E-state index in [1.54, 1.807) is 0 Å². The van der Waals surface area contributed by atoms with Crippen molar-refractivity contribution in [1.29, 1.82) is 0 Å². The molecule has 0 spiro atoms. The number of rotatable bonds is 2. The van der Waals surface area contributed by atoms with Crippen LogP contribution in [0.2, 0.25) is 0 Å². The molecule has 0 saturated heterocycles. The minimum Gasteiger partial charge on any atom is -0.489 e. The number of allylic oxidation sites excluding steroid dienone is 1. The summed E-state index contributed by atoms with van der Waals surface area (Å²) < 4.78 is 5.18. The molecule has 0 amide bonds. The Morgan fingerprint density at radius 3 is 2.06 bits per heavy atom.